The number of carbonyl (C=O) groups is 1. The standard InChI is InChI=1S/C22H16ClFN2O2S/c1-2-26-21(27)20(29-22(26)25-17-9-7-16(24)8-10-17)13-18-11-12-19(28-18)14-3-5-15(23)6-4-14/h3-13H,2H2,1H3/b20-13+,25-22?. The van der Waals surface area contributed by atoms with E-state index in [1.54, 1.807) is 35.2 Å². The van der Waals surface area contributed by atoms with Crippen molar-refractivity contribution >= 4 is 46.2 Å². The monoisotopic (exact) mass is 426 g/mol. The molecule has 0 spiro atoms. The summed E-state index contributed by atoms with van der Waals surface area (Å²) in [5, 5.41) is 1.21. The Hall–Kier alpha value is -2.83. The SMILES string of the molecule is CCN1C(=O)/C(=C\c2ccc(-c3ccc(Cl)cc3)o2)SC1=Nc1ccc(F)cc1. The van der Waals surface area contributed by atoms with Crippen molar-refractivity contribution in [3.63, 3.8) is 0 Å². The van der Waals surface area contributed by atoms with Gasteiger partial charge in [0.05, 0.1) is 10.6 Å². The summed E-state index contributed by atoms with van der Waals surface area (Å²) in [6.07, 6.45) is 1.71. The fourth-order valence-electron chi connectivity index (χ4n) is 2.83. The van der Waals surface area contributed by atoms with E-state index in [4.69, 9.17) is 16.0 Å². The van der Waals surface area contributed by atoms with Gasteiger partial charge in [-0.2, -0.15) is 0 Å². The number of benzene rings is 2. The molecule has 146 valence electrons. The van der Waals surface area contributed by atoms with Gasteiger partial charge in [0.25, 0.3) is 5.91 Å². The number of amides is 1. The summed E-state index contributed by atoms with van der Waals surface area (Å²) < 4.78 is 19.0. The van der Waals surface area contributed by atoms with Gasteiger partial charge in [-0.15, -0.1) is 0 Å². The smallest absolute Gasteiger partial charge is 0.266 e. The summed E-state index contributed by atoms with van der Waals surface area (Å²) in [7, 11) is 0. The first-order valence-corrected chi connectivity index (χ1v) is 10.1. The Kier molecular flexibility index (Phi) is 5.56. The maximum atomic E-state index is 13.1. The second-order valence-electron chi connectivity index (χ2n) is 6.24. The second kappa shape index (κ2) is 8.27. The number of hydrogen-bond acceptors (Lipinski definition) is 4. The van der Waals surface area contributed by atoms with E-state index in [9.17, 15) is 9.18 Å². The summed E-state index contributed by atoms with van der Waals surface area (Å²) in [5.74, 6) is 0.801. The highest BCUT2D eigenvalue weighted by molar-refractivity contribution is 8.18. The predicted molar refractivity (Wildman–Crippen MR) is 116 cm³/mol. The zero-order chi connectivity index (χ0) is 20.4. The molecule has 7 heteroatoms. The molecule has 2 heterocycles. The minimum Gasteiger partial charge on any atom is -0.457 e. The third-order valence-electron chi connectivity index (χ3n) is 4.28. The van der Waals surface area contributed by atoms with Gasteiger partial charge >= 0.3 is 0 Å². The van der Waals surface area contributed by atoms with Gasteiger partial charge in [0.15, 0.2) is 5.17 Å². The average molecular weight is 427 g/mol. The highest BCUT2D eigenvalue weighted by Gasteiger charge is 2.32. The molecule has 2 aromatic carbocycles. The van der Waals surface area contributed by atoms with Crippen LogP contribution in [0.3, 0.4) is 0 Å². The minimum atomic E-state index is -0.327. The van der Waals surface area contributed by atoms with E-state index in [2.05, 4.69) is 4.99 Å². The number of carbonyl (C=O) groups excluding carboxylic acids is 1. The lowest BCUT2D eigenvalue weighted by Gasteiger charge is -2.11. The van der Waals surface area contributed by atoms with E-state index in [0.717, 1.165) is 5.56 Å². The van der Waals surface area contributed by atoms with Crippen molar-refractivity contribution in [2.45, 2.75) is 6.92 Å². The normalized spacial score (nSPS) is 16.9. The molecule has 3 aromatic rings. The Balaban J connectivity index is 1.60. The zero-order valence-corrected chi connectivity index (χ0v) is 17.0. The first-order valence-electron chi connectivity index (χ1n) is 8.95. The third-order valence-corrected chi connectivity index (χ3v) is 5.54. The molecule has 0 saturated carbocycles. The van der Waals surface area contributed by atoms with Crippen LogP contribution in [0.15, 0.2) is 75.0 Å². The van der Waals surface area contributed by atoms with E-state index in [1.165, 1.54) is 23.9 Å². The highest BCUT2D eigenvalue weighted by Crippen LogP contribution is 2.35. The van der Waals surface area contributed by atoms with Crippen LogP contribution in [0.5, 0.6) is 0 Å². The second-order valence-corrected chi connectivity index (χ2v) is 7.69. The Morgan fingerprint density at radius 2 is 1.83 bits per heavy atom. The van der Waals surface area contributed by atoms with Gasteiger partial charge in [-0.25, -0.2) is 9.38 Å². The molecule has 0 unspecified atom stereocenters. The van der Waals surface area contributed by atoms with Crippen LogP contribution in [0.4, 0.5) is 10.1 Å². The summed E-state index contributed by atoms with van der Waals surface area (Å²) in [6.45, 7) is 2.37. The summed E-state index contributed by atoms with van der Waals surface area (Å²) >= 11 is 7.19. The highest BCUT2D eigenvalue weighted by atomic mass is 35.5. The van der Waals surface area contributed by atoms with Crippen LogP contribution in [0.2, 0.25) is 5.02 Å². The Morgan fingerprint density at radius 1 is 1.10 bits per heavy atom. The first kappa shape index (κ1) is 19.5. The predicted octanol–water partition coefficient (Wildman–Crippen LogP) is 6.36. The third kappa shape index (κ3) is 4.28. The number of rotatable bonds is 4. The van der Waals surface area contributed by atoms with Crippen molar-refractivity contribution in [3.05, 3.63) is 82.2 Å². The van der Waals surface area contributed by atoms with E-state index in [1.807, 2.05) is 31.2 Å². The van der Waals surface area contributed by atoms with Gasteiger partial charge in [-0.05, 0) is 79.3 Å². The quantitative estimate of drug-likeness (QED) is 0.456. The van der Waals surface area contributed by atoms with Crippen LogP contribution in [0.1, 0.15) is 12.7 Å². The number of aliphatic imine (C=N–C) groups is 1. The molecule has 0 bridgehead atoms. The Labute approximate surface area is 176 Å². The largest absolute Gasteiger partial charge is 0.457 e. The number of thioether (sulfide) groups is 1. The number of nitrogens with zero attached hydrogens (tertiary/aromatic N) is 2. The van der Waals surface area contributed by atoms with Gasteiger partial charge in [0.1, 0.15) is 17.3 Å². The molecule has 0 atom stereocenters. The molecule has 1 aliphatic heterocycles. The van der Waals surface area contributed by atoms with Gasteiger partial charge in [-0.1, -0.05) is 11.6 Å². The van der Waals surface area contributed by atoms with Crippen LogP contribution < -0.4 is 0 Å². The molecule has 1 aromatic heterocycles. The van der Waals surface area contributed by atoms with Crippen LogP contribution >= 0.6 is 23.4 Å². The van der Waals surface area contributed by atoms with E-state index in [-0.39, 0.29) is 11.7 Å². The summed E-state index contributed by atoms with van der Waals surface area (Å²) in [5.41, 5.74) is 1.49. The van der Waals surface area contributed by atoms with Crippen molar-refractivity contribution in [2.75, 3.05) is 6.54 Å². The lowest BCUT2D eigenvalue weighted by atomic mass is 10.2. The minimum absolute atomic E-state index is 0.136. The number of hydrogen-bond donors (Lipinski definition) is 0. The van der Waals surface area contributed by atoms with E-state index in [0.29, 0.717) is 38.8 Å². The van der Waals surface area contributed by atoms with Crippen molar-refractivity contribution < 1.29 is 13.6 Å². The maximum absolute atomic E-state index is 13.1. The van der Waals surface area contributed by atoms with Crippen LogP contribution in [-0.2, 0) is 4.79 Å². The van der Waals surface area contributed by atoms with Crippen LogP contribution in [0, 0.1) is 5.82 Å². The fourth-order valence-corrected chi connectivity index (χ4v) is 3.99. The Bertz CT molecular complexity index is 1100. The molecule has 1 aliphatic rings. The van der Waals surface area contributed by atoms with Crippen molar-refractivity contribution in [2.24, 2.45) is 4.99 Å². The lowest BCUT2D eigenvalue weighted by Crippen LogP contribution is -2.28. The summed E-state index contributed by atoms with van der Waals surface area (Å²) in [6, 6.07) is 16.8. The van der Waals surface area contributed by atoms with E-state index < -0.39 is 0 Å². The number of furan rings is 1. The lowest BCUT2D eigenvalue weighted by molar-refractivity contribution is -0.122. The topological polar surface area (TPSA) is 45.8 Å². The first-order chi connectivity index (χ1) is 14.0. The van der Waals surface area contributed by atoms with Gasteiger partial charge < -0.3 is 4.42 Å². The van der Waals surface area contributed by atoms with Gasteiger partial charge in [-0.3, -0.25) is 9.69 Å². The molecule has 1 fully saturated rings. The number of amidine groups is 1. The van der Waals surface area contributed by atoms with Crippen molar-refractivity contribution in [1.82, 2.24) is 4.90 Å². The molecular formula is C22H16ClFN2O2S. The number of halogens is 2. The van der Waals surface area contributed by atoms with Crippen molar-refractivity contribution in [1.29, 1.82) is 0 Å². The zero-order valence-electron chi connectivity index (χ0n) is 15.4. The van der Waals surface area contributed by atoms with E-state index >= 15 is 0 Å². The molecule has 1 saturated heterocycles. The molecular weight excluding hydrogens is 411 g/mol. The van der Waals surface area contributed by atoms with Crippen LogP contribution in [0.25, 0.3) is 17.4 Å². The number of likely N-dealkylation sites (N-methyl/N-ethyl adjacent to an activating group) is 1. The van der Waals surface area contributed by atoms with Gasteiger partial charge in [0, 0.05) is 23.2 Å². The van der Waals surface area contributed by atoms with Gasteiger partial charge in [0.2, 0.25) is 0 Å². The van der Waals surface area contributed by atoms with Crippen LogP contribution in [-0.4, -0.2) is 22.5 Å². The van der Waals surface area contributed by atoms with Crippen molar-refractivity contribution in [3.8, 4) is 11.3 Å². The molecule has 0 aliphatic carbocycles. The molecule has 4 nitrogen and oxygen atoms in total. The molecule has 0 N–H and O–H groups in total. The molecule has 1 amide bonds. The maximum Gasteiger partial charge on any atom is 0.266 e. The molecule has 29 heavy (non-hydrogen) atoms. The summed E-state index contributed by atoms with van der Waals surface area (Å²) in [4.78, 5) is 19.3. The molecule has 4 rings (SSSR count). The Morgan fingerprint density at radius 3 is 2.52 bits per heavy atom. The fraction of sp³-hybridized carbons (Fsp3) is 0.0909. The average Bonchev–Trinajstić information content (AvgIpc) is 3.29. The molecule has 0 radical (unpaired) electrons.